The van der Waals surface area contributed by atoms with Crippen LogP contribution in [0.3, 0.4) is 0 Å². The second-order valence-electron chi connectivity index (χ2n) is 14.3. The van der Waals surface area contributed by atoms with E-state index in [1.807, 2.05) is 59.1 Å². The number of fused-ring (bicyclic) bond motifs is 9. The van der Waals surface area contributed by atoms with Crippen molar-refractivity contribution < 1.29 is 0 Å². The van der Waals surface area contributed by atoms with Gasteiger partial charge in [-0.05, 0) is 36.4 Å². The van der Waals surface area contributed by atoms with Gasteiger partial charge >= 0.3 is 0 Å². The van der Waals surface area contributed by atoms with Gasteiger partial charge in [-0.25, -0.2) is 15.0 Å². The minimum absolute atomic E-state index is 0.646. The highest BCUT2D eigenvalue weighted by molar-refractivity contribution is 7.27. The van der Waals surface area contributed by atoms with E-state index in [1.54, 1.807) is 0 Å². The normalized spacial score (nSPS) is 11.9. The number of benzene rings is 8. The number of rotatable bonds is 5. The Bertz CT molecular complexity index is 3470. The van der Waals surface area contributed by atoms with Crippen LogP contribution in [0.25, 0.3) is 113 Å². The number of nitrogens with zero attached hydrogens (tertiary/aromatic N) is 4. The highest BCUT2D eigenvalue weighted by Crippen LogP contribution is 2.47. The van der Waals surface area contributed by atoms with Crippen LogP contribution in [0.1, 0.15) is 0 Å². The highest BCUT2D eigenvalue weighted by Gasteiger charge is 2.22. The van der Waals surface area contributed by atoms with E-state index in [0.717, 1.165) is 44.2 Å². The monoisotopic (exact) mass is 762 g/mol. The third kappa shape index (κ3) is 5.08. The Kier molecular flexibility index (Phi) is 7.24. The van der Waals surface area contributed by atoms with Gasteiger partial charge in [0.05, 0.1) is 11.0 Å². The molecule has 0 saturated carbocycles. The standard InChI is InChI=1S/C51H30N4S2/c1-3-15-31(16-4-1)49-52-50(32-17-5-2-6-18-32)54-51(53-49)39-24-14-26-43-46(39)38-21-7-10-25-42(38)55(43)33-29-40-35-20-9-12-28-45(35)57-48(40)41(30-33)37-23-13-22-36-34-19-8-11-27-44(34)56-47(36)37/h1-30H. The van der Waals surface area contributed by atoms with E-state index in [2.05, 4.69) is 150 Å². The van der Waals surface area contributed by atoms with Gasteiger partial charge in [-0.3, -0.25) is 0 Å². The molecule has 0 aliphatic heterocycles. The van der Waals surface area contributed by atoms with Crippen molar-refractivity contribution in [2.24, 2.45) is 0 Å². The Balaban J connectivity index is 1.15. The molecule has 0 radical (unpaired) electrons. The van der Waals surface area contributed by atoms with Crippen molar-refractivity contribution in [3.63, 3.8) is 0 Å². The molecule has 4 nitrogen and oxygen atoms in total. The summed E-state index contributed by atoms with van der Waals surface area (Å²) < 4.78 is 7.65. The summed E-state index contributed by atoms with van der Waals surface area (Å²) in [4.78, 5) is 15.3. The van der Waals surface area contributed by atoms with E-state index in [9.17, 15) is 0 Å². The quantitative estimate of drug-likeness (QED) is 0.175. The lowest BCUT2D eigenvalue weighted by atomic mass is 9.99. The number of hydrogen-bond acceptors (Lipinski definition) is 5. The molecule has 0 bridgehead atoms. The summed E-state index contributed by atoms with van der Waals surface area (Å²) in [5.41, 5.74) is 8.73. The lowest BCUT2D eigenvalue weighted by Gasteiger charge is -2.13. The Morgan fingerprint density at radius 3 is 1.56 bits per heavy atom. The molecule has 0 fully saturated rings. The largest absolute Gasteiger partial charge is 0.309 e. The average molecular weight is 763 g/mol. The molecule has 0 unspecified atom stereocenters. The van der Waals surface area contributed by atoms with Gasteiger partial charge in [0.1, 0.15) is 0 Å². The predicted molar refractivity (Wildman–Crippen MR) is 242 cm³/mol. The third-order valence-electron chi connectivity index (χ3n) is 11.1. The molecule has 12 aromatic rings. The molecule has 0 atom stereocenters. The van der Waals surface area contributed by atoms with E-state index in [0.29, 0.717) is 17.5 Å². The topological polar surface area (TPSA) is 43.6 Å². The predicted octanol–water partition coefficient (Wildman–Crippen LogP) is 14.4. The van der Waals surface area contributed by atoms with Crippen LogP contribution >= 0.6 is 22.7 Å². The summed E-state index contributed by atoms with van der Waals surface area (Å²) in [6, 6.07) is 64.8. The SMILES string of the molecule is c1ccc(-c2nc(-c3ccccc3)nc(-c3cccc4c3c3ccccc3n4-c3cc(-c4cccc5c4sc4ccccc45)c4sc5ccccc5c4c3)n2)cc1. The van der Waals surface area contributed by atoms with Gasteiger partial charge in [0.25, 0.3) is 0 Å². The van der Waals surface area contributed by atoms with Crippen molar-refractivity contribution in [2.45, 2.75) is 0 Å². The van der Waals surface area contributed by atoms with Gasteiger partial charge in [0.2, 0.25) is 0 Å². The smallest absolute Gasteiger partial charge is 0.164 e. The van der Waals surface area contributed by atoms with Gasteiger partial charge in [0, 0.05) is 84.6 Å². The lowest BCUT2D eigenvalue weighted by Crippen LogP contribution is -2.00. The van der Waals surface area contributed by atoms with Crippen LogP contribution in [-0.2, 0) is 0 Å². The first-order valence-electron chi connectivity index (χ1n) is 19.0. The second kappa shape index (κ2) is 12.8. The molecule has 0 saturated heterocycles. The summed E-state index contributed by atoms with van der Waals surface area (Å²) in [6.07, 6.45) is 0. The molecular formula is C51H30N4S2. The molecule has 0 aliphatic rings. The first-order valence-corrected chi connectivity index (χ1v) is 20.7. The maximum Gasteiger partial charge on any atom is 0.164 e. The molecule has 57 heavy (non-hydrogen) atoms. The number of thiophene rings is 2. The fourth-order valence-corrected chi connectivity index (χ4v) is 11.0. The van der Waals surface area contributed by atoms with Crippen LogP contribution in [0.15, 0.2) is 182 Å². The first-order chi connectivity index (χ1) is 28.3. The van der Waals surface area contributed by atoms with Gasteiger partial charge < -0.3 is 4.57 Å². The van der Waals surface area contributed by atoms with Crippen LogP contribution in [-0.4, -0.2) is 19.5 Å². The molecule has 0 aliphatic carbocycles. The van der Waals surface area contributed by atoms with Crippen molar-refractivity contribution in [3.8, 4) is 51.0 Å². The van der Waals surface area contributed by atoms with E-state index in [4.69, 9.17) is 15.0 Å². The van der Waals surface area contributed by atoms with Crippen LogP contribution in [0.5, 0.6) is 0 Å². The lowest BCUT2D eigenvalue weighted by molar-refractivity contribution is 1.08. The molecule has 0 N–H and O–H groups in total. The van der Waals surface area contributed by atoms with Gasteiger partial charge in [-0.15, -0.1) is 22.7 Å². The van der Waals surface area contributed by atoms with Gasteiger partial charge in [-0.2, -0.15) is 0 Å². The van der Waals surface area contributed by atoms with E-state index < -0.39 is 0 Å². The molecule has 12 rings (SSSR count). The third-order valence-corrected chi connectivity index (χ3v) is 13.5. The summed E-state index contributed by atoms with van der Waals surface area (Å²) in [5, 5.41) is 7.41. The van der Waals surface area contributed by atoms with Crippen LogP contribution < -0.4 is 0 Å². The second-order valence-corrected chi connectivity index (χ2v) is 16.4. The van der Waals surface area contributed by atoms with Crippen LogP contribution in [0.2, 0.25) is 0 Å². The molecule has 8 aromatic carbocycles. The summed E-state index contributed by atoms with van der Waals surface area (Å²) >= 11 is 3.77. The van der Waals surface area contributed by atoms with Crippen molar-refractivity contribution in [2.75, 3.05) is 0 Å². The highest BCUT2D eigenvalue weighted by atomic mass is 32.1. The fraction of sp³-hybridized carbons (Fsp3) is 0. The molecule has 266 valence electrons. The first kappa shape index (κ1) is 32.3. The molecular weight excluding hydrogens is 733 g/mol. The number of hydrogen-bond donors (Lipinski definition) is 0. The van der Waals surface area contributed by atoms with Gasteiger partial charge in [0.15, 0.2) is 17.5 Å². The van der Waals surface area contributed by atoms with Crippen LogP contribution in [0.4, 0.5) is 0 Å². The molecule has 4 heterocycles. The zero-order valence-corrected chi connectivity index (χ0v) is 32.1. The zero-order chi connectivity index (χ0) is 37.5. The van der Waals surface area contributed by atoms with Crippen molar-refractivity contribution in [1.29, 1.82) is 0 Å². The molecule has 0 spiro atoms. The Labute approximate surface area is 335 Å². The zero-order valence-electron chi connectivity index (χ0n) is 30.4. The van der Waals surface area contributed by atoms with E-state index in [1.165, 1.54) is 51.5 Å². The maximum absolute atomic E-state index is 5.18. The summed E-state index contributed by atoms with van der Waals surface area (Å²) in [6.45, 7) is 0. The van der Waals surface area contributed by atoms with E-state index >= 15 is 0 Å². The fourth-order valence-electron chi connectivity index (χ4n) is 8.51. The number of para-hydroxylation sites is 1. The Morgan fingerprint density at radius 1 is 0.351 bits per heavy atom. The van der Waals surface area contributed by atoms with Gasteiger partial charge in [-0.1, -0.05) is 146 Å². The van der Waals surface area contributed by atoms with E-state index in [-0.39, 0.29) is 0 Å². The molecule has 4 aromatic heterocycles. The average Bonchev–Trinajstić information content (AvgIpc) is 3.96. The van der Waals surface area contributed by atoms with Crippen molar-refractivity contribution >= 4 is 84.8 Å². The van der Waals surface area contributed by atoms with Crippen molar-refractivity contribution in [3.05, 3.63) is 182 Å². The number of aromatic nitrogens is 4. The maximum atomic E-state index is 5.18. The molecule has 6 heteroatoms. The Hall–Kier alpha value is -6.99. The van der Waals surface area contributed by atoms with Crippen LogP contribution in [0, 0.1) is 0 Å². The van der Waals surface area contributed by atoms with Crippen molar-refractivity contribution in [1.82, 2.24) is 19.5 Å². The minimum atomic E-state index is 0.646. The molecule has 0 amide bonds. The Morgan fingerprint density at radius 2 is 0.860 bits per heavy atom. The summed E-state index contributed by atoms with van der Waals surface area (Å²) in [5.74, 6) is 1.94. The minimum Gasteiger partial charge on any atom is -0.309 e. The summed E-state index contributed by atoms with van der Waals surface area (Å²) in [7, 11) is 0.